The number of anilines is 1. The second kappa shape index (κ2) is 4.84. The molecule has 15 heavy (non-hydrogen) atoms. The van der Waals surface area contributed by atoms with Crippen LogP contribution in [0.25, 0.3) is 0 Å². The van der Waals surface area contributed by atoms with E-state index in [1.807, 2.05) is 11.8 Å². The Morgan fingerprint density at radius 2 is 2.20 bits per heavy atom. The first kappa shape index (κ1) is 10.7. The summed E-state index contributed by atoms with van der Waals surface area (Å²) in [7, 11) is 0. The first-order chi connectivity index (χ1) is 7.27. The van der Waals surface area contributed by atoms with Crippen molar-refractivity contribution < 1.29 is 8.78 Å². The Balaban J connectivity index is 2.06. The summed E-state index contributed by atoms with van der Waals surface area (Å²) in [5.74, 6) is 0.580. The smallest absolute Gasteiger partial charge is 0.181 e. The number of hydrogen-bond donors (Lipinski definition) is 1. The van der Waals surface area contributed by atoms with E-state index in [1.165, 1.54) is 11.8 Å². The van der Waals surface area contributed by atoms with Crippen LogP contribution in [0.1, 0.15) is 12.8 Å². The molecular formula is C11H13F2NS. The van der Waals surface area contributed by atoms with Gasteiger partial charge in [-0.25, -0.2) is 8.78 Å². The maximum absolute atomic E-state index is 13.3. The Morgan fingerprint density at radius 1 is 1.33 bits per heavy atom. The largest absolute Gasteiger partial charge is 0.379 e. The van der Waals surface area contributed by atoms with Crippen molar-refractivity contribution in [2.24, 2.45) is 0 Å². The molecule has 1 aliphatic heterocycles. The van der Waals surface area contributed by atoms with Crippen LogP contribution in [0.3, 0.4) is 0 Å². The number of benzene rings is 1. The van der Waals surface area contributed by atoms with Crippen LogP contribution in [-0.2, 0) is 0 Å². The van der Waals surface area contributed by atoms with Gasteiger partial charge in [0, 0.05) is 11.8 Å². The molecule has 0 aromatic heterocycles. The minimum Gasteiger partial charge on any atom is -0.379 e. The lowest BCUT2D eigenvalue weighted by atomic mass is 10.1. The summed E-state index contributed by atoms with van der Waals surface area (Å²) in [6, 6.07) is 4.50. The molecule has 1 aliphatic rings. The van der Waals surface area contributed by atoms with Crippen molar-refractivity contribution >= 4 is 17.4 Å². The second-order valence-electron chi connectivity index (χ2n) is 3.66. The quantitative estimate of drug-likeness (QED) is 0.835. The summed E-state index contributed by atoms with van der Waals surface area (Å²) >= 11 is 1.85. The van der Waals surface area contributed by atoms with Crippen LogP contribution >= 0.6 is 11.8 Å². The average molecular weight is 229 g/mol. The molecule has 1 aromatic rings. The SMILES string of the molecule is Fc1cccc(NC2CCCSC2)c1F. The van der Waals surface area contributed by atoms with Gasteiger partial charge in [-0.05, 0) is 30.7 Å². The Hall–Kier alpha value is -0.770. The van der Waals surface area contributed by atoms with Gasteiger partial charge in [0.05, 0.1) is 5.69 Å². The van der Waals surface area contributed by atoms with Gasteiger partial charge in [0.2, 0.25) is 0 Å². The zero-order valence-corrected chi connectivity index (χ0v) is 9.12. The summed E-state index contributed by atoms with van der Waals surface area (Å²) in [6.07, 6.45) is 2.17. The Labute approximate surface area is 92.3 Å². The fourth-order valence-electron chi connectivity index (χ4n) is 1.69. The highest BCUT2D eigenvalue weighted by atomic mass is 32.2. The van der Waals surface area contributed by atoms with Gasteiger partial charge >= 0.3 is 0 Å². The highest BCUT2D eigenvalue weighted by Crippen LogP contribution is 2.23. The predicted octanol–water partition coefficient (Wildman–Crippen LogP) is 3.27. The van der Waals surface area contributed by atoms with Crippen molar-refractivity contribution in [3.63, 3.8) is 0 Å². The molecule has 1 saturated heterocycles. The highest BCUT2D eigenvalue weighted by molar-refractivity contribution is 7.99. The molecular weight excluding hydrogens is 216 g/mol. The van der Waals surface area contributed by atoms with E-state index >= 15 is 0 Å². The molecule has 1 nitrogen and oxygen atoms in total. The molecule has 0 radical (unpaired) electrons. The number of rotatable bonds is 2. The van der Waals surface area contributed by atoms with E-state index in [-0.39, 0.29) is 11.7 Å². The molecule has 1 unspecified atom stereocenters. The molecule has 0 amide bonds. The fraction of sp³-hybridized carbons (Fsp3) is 0.455. The van der Waals surface area contributed by atoms with E-state index in [0.29, 0.717) is 0 Å². The molecule has 82 valence electrons. The third-order valence-electron chi connectivity index (χ3n) is 2.47. The number of thioether (sulfide) groups is 1. The third-order valence-corrected chi connectivity index (χ3v) is 3.69. The highest BCUT2D eigenvalue weighted by Gasteiger charge is 2.16. The van der Waals surface area contributed by atoms with Crippen molar-refractivity contribution in [1.82, 2.24) is 0 Å². The van der Waals surface area contributed by atoms with Gasteiger partial charge in [-0.1, -0.05) is 6.07 Å². The Morgan fingerprint density at radius 3 is 2.93 bits per heavy atom. The number of nitrogens with one attached hydrogen (secondary N) is 1. The molecule has 1 heterocycles. The third kappa shape index (κ3) is 2.62. The Bertz CT molecular complexity index is 337. The van der Waals surface area contributed by atoms with Gasteiger partial charge in [0.15, 0.2) is 11.6 Å². The molecule has 0 aliphatic carbocycles. The van der Waals surface area contributed by atoms with Crippen LogP contribution in [0.2, 0.25) is 0 Å². The van der Waals surface area contributed by atoms with Crippen molar-refractivity contribution in [3.8, 4) is 0 Å². The van der Waals surface area contributed by atoms with Gasteiger partial charge in [-0.2, -0.15) is 11.8 Å². The lowest BCUT2D eigenvalue weighted by Crippen LogP contribution is -2.26. The number of halogens is 2. The summed E-state index contributed by atoms with van der Waals surface area (Å²) in [5, 5.41) is 3.05. The molecule has 1 atom stereocenters. The minimum absolute atomic E-state index is 0.264. The van der Waals surface area contributed by atoms with Crippen LogP contribution in [-0.4, -0.2) is 17.5 Å². The number of hydrogen-bond acceptors (Lipinski definition) is 2. The van der Waals surface area contributed by atoms with Crippen molar-refractivity contribution in [2.45, 2.75) is 18.9 Å². The molecule has 0 saturated carbocycles. The van der Waals surface area contributed by atoms with Crippen molar-refractivity contribution in [2.75, 3.05) is 16.8 Å². The van der Waals surface area contributed by atoms with E-state index in [4.69, 9.17) is 0 Å². The maximum Gasteiger partial charge on any atom is 0.181 e. The van der Waals surface area contributed by atoms with E-state index in [1.54, 1.807) is 6.07 Å². The maximum atomic E-state index is 13.3. The summed E-state index contributed by atoms with van der Waals surface area (Å²) in [5.41, 5.74) is 0.280. The van der Waals surface area contributed by atoms with E-state index in [0.717, 1.165) is 24.7 Å². The van der Waals surface area contributed by atoms with E-state index in [9.17, 15) is 8.78 Å². The molecule has 2 rings (SSSR count). The summed E-state index contributed by atoms with van der Waals surface area (Å²) in [4.78, 5) is 0. The standard InChI is InChI=1S/C11H13F2NS/c12-9-4-1-5-10(11(9)13)14-8-3-2-6-15-7-8/h1,4-5,8,14H,2-3,6-7H2. The lowest BCUT2D eigenvalue weighted by molar-refractivity contribution is 0.509. The lowest BCUT2D eigenvalue weighted by Gasteiger charge is -2.23. The molecule has 0 spiro atoms. The van der Waals surface area contributed by atoms with Gasteiger partial charge < -0.3 is 5.32 Å². The zero-order valence-electron chi connectivity index (χ0n) is 8.30. The van der Waals surface area contributed by atoms with Crippen molar-refractivity contribution in [1.29, 1.82) is 0 Å². The molecule has 1 N–H and O–H groups in total. The molecule has 0 bridgehead atoms. The van der Waals surface area contributed by atoms with Crippen LogP contribution < -0.4 is 5.32 Å². The van der Waals surface area contributed by atoms with Gasteiger partial charge in [-0.3, -0.25) is 0 Å². The van der Waals surface area contributed by atoms with Crippen LogP contribution in [0.5, 0.6) is 0 Å². The van der Waals surface area contributed by atoms with Gasteiger partial charge in [0.1, 0.15) is 0 Å². The average Bonchev–Trinajstić information content (AvgIpc) is 2.26. The summed E-state index contributed by atoms with van der Waals surface area (Å²) in [6.45, 7) is 0. The zero-order chi connectivity index (χ0) is 10.7. The second-order valence-corrected chi connectivity index (χ2v) is 4.81. The minimum atomic E-state index is -0.788. The molecule has 1 aromatic carbocycles. The first-order valence-corrected chi connectivity index (χ1v) is 6.21. The predicted molar refractivity (Wildman–Crippen MR) is 60.3 cm³/mol. The topological polar surface area (TPSA) is 12.0 Å². The van der Waals surface area contributed by atoms with Crippen LogP contribution in [0, 0.1) is 11.6 Å². The molecule has 1 fully saturated rings. The van der Waals surface area contributed by atoms with Crippen LogP contribution in [0.4, 0.5) is 14.5 Å². The molecule has 4 heteroatoms. The monoisotopic (exact) mass is 229 g/mol. The van der Waals surface area contributed by atoms with Gasteiger partial charge in [0.25, 0.3) is 0 Å². The van der Waals surface area contributed by atoms with Crippen molar-refractivity contribution in [3.05, 3.63) is 29.8 Å². The Kier molecular flexibility index (Phi) is 3.46. The first-order valence-electron chi connectivity index (χ1n) is 5.05. The summed E-state index contributed by atoms with van der Waals surface area (Å²) < 4.78 is 26.2. The fourth-order valence-corrected chi connectivity index (χ4v) is 2.76. The van der Waals surface area contributed by atoms with Gasteiger partial charge in [-0.15, -0.1) is 0 Å². The normalized spacial score (nSPS) is 21.3. The van der Waals surface area contributed by atoms with E-state index in [2.05, 4.69) is 5.32 Å². The van der Waals surface area contributed by atoms with Crippen LogP contribution in [0.15, 0.2) is 18.2 Å². The van der Waals surface area contributed by atoms with E-state index < -0.39 is 11.6 Å².